The van der Waals surface area contributed by atoms with Crippen LogP contribution < -0.4 is 10.6 Å². The number of urea groups is 1. The van der Waals surface area contributed by atoms with E-state index in [0.717, 1.165) is 60.7 Å². The molecule has 1 aromatic heterocycles. The van der Waals surface area contributed by atoms with Crippen molar-refractivity contribution in [2.45, 2.75) is 81.0 Å². The van der Waals surface area contributed by atoms with E-state index in [2.05, 4.69) is 10.6 Å². The highest BCUT2D eigenvalue weighted by atomic mass is 32.2. The molecule has 2 saturated carbocycles. The first-order valence-corrected chi connectivity index (χ1v) is 16.8. The number of carboxylic acid groups (broad SMARTS) is 1. The fourth-order valence-corrected chi connectivity index (χ4v) is 7.78. The van der Waals surface area contributed by atoms with Crippen LogP contribution in [-0.4, -0.2) is 55.2 Å². The lowest BCUT2D eigenvalue weighted by Crippen LogP contribution is -2.44. The summed E-state index contributed by atoms with van der Waals surface area (Å²) in [6.45, 7) is 0.410. The molecule has 2 aliphatic rings. The Morgan fingerprint density at radius 1 is 0.925 bits per heavy atom. The van der Waals surface area contributed by atoms with Gasteiger partial charge in [-0.25, -0.2) is 13.2 Å². The number of thiophene rings is 1. The molecule has 1 aromatic carbocycles. The number of carbonyl (C=O) groups is 3. The van der Waals surface area contributed by atoms with Gasteiger partial charge in [0.2, 0.25) is 0 Å². The van der Waals surface area contributed by atoms with Crippen molar-refractivity contribution in [3.63, 3.8) is 0 Å². The van der Waals surface area contributed by atoms with E-state index in [1.165, 1.54) is 38.2 Å². The minimum atomic E-state index is -3.35. The lowest BCUT2D eigenvalue weighted by molar-refractivity contribution is -0.136. The highest BCUT2D eigenvalue weighted by Crippen LogP contribution is 2.39. The third kappa shape index (κ3) is 8.30. The molecule has 0 spiro atoms. The Bertz CT molecular complexity index is 1280. The first kappa shape index (κ1) is 30.0. The Hall–Kier alpha value is -2.92. The number of benzene rings is 1. The second-order valence-corrected chi connectivity index (χ2v) is 14.3. The summed E-state index contributed by atoms with van der Waals surface area (Å²) in [7, 11) is -3.35. The van der Waals surface area contributed by atoms with E-state index in [1.54, 1.807) is 18.2 Å². The lowest BCUT2D eigenvalue weighted by atomic mass is 9.72. The van der Waals surface area contributed by atoms with E-state index in [0.29, 0.717) is 17.1 Å². The minimum Gasteiger partial charge on any atom is -0.481 e. The highest BCUT2D eigenvalue weighted by Gasteiger charge is 2.33. The number of carboxylic acids is 1. The maximum absolute atomic E-state index is 13.6. The normalized spacial score (nSPS) is 20.0. The zero-order valence-electron chi connectivity index (χ0n) is 22.9. The van der Waals surface area contributed by atoms with Crippen molar-refractivity contribution >= 4 is 44.1 Å². The first-order chi connectivity index (χ1) is 19.1. The molecule has 0 atom stereocenters. The Morgan fingerprint density at radius 3 is 2.17 bits per heavy atom. The van der Waals surface area contributed by atoms with Crippen LogP contribution >= 0.6 is 11.3 Å². The summed E-state index contributed by atoms with van der Waals surface area (Å²) in [6, 6.07) is 9.91. The summed E-state index contributed by atoms with van der Waals surface area (Å²) in [5.74, 6) is 0.196. The molecule has 40 heavy (non-hydrogen) atoms. The van der Waals surface area contributed by atoms with Crippen LogP contribution in [0.4, 0.5) is 9.80 Å². The van der Waals surface area contributed by atoms with Crippen LogP contribution in [0, 0.1) is 11.8 Å². The summed E-state index contributed by atoms with van der Waals surface area (Å²) in [6.07, 6.45) is 11.7. The van der Waals surface area contributed by atoms with Crippen molar-refractivity contribution in [3.8, 4) is 0 Å². The molecule has 218 valence electrons. The summed E-state index contributed by atoms with van der Waals surface area (Å²) in [5, 5.41) is 14.8. The van der Waals surface area contributed by atoms with Crippen molar-refractivity contribution in [2.75, 3.05) is 18.1 Å². The maximum atomic E-state index is 13.6. The van der Waals surface area contributed by atoms with E-state index in [-0.39, 0.29) is 35.2 Å². The van der Waals surface area contributed by atoms with Crippen LogP contribution in [0.3, 0.4) is 0 Å². The van der Waals surface area contributed by atoms with Crippen molar-refractivity contribution in [3.05, 3.63) is 47.5 Å². The zero-order valence-corrected chi connectivity index (χ0v) is 24.6. The predicted octanol–water partition coefficient (Wildman–Crippen LogP) is 5.53. The largest absolute Gasteiger partial charge is 0.481 e. The van der Waals surface area contributed by atoms with Crippen LogP contribution in [0.2, 0.25) is 0 Å². The van der Waals surface area contributed by atoms with Crippen molar-refractivity contribution in [1.82, 2.24) is 10.2 Å². The number of aliphatic carboxylic acids is 1. The van der Waals surface area contributed by atoms with Crippen LogP contribution in [-0.2, 0) is 21.2 Å². The van der Waals surface area contributed by atoms with Gasteiger partial charge in [-0.2, -0.15) is 0 Å². The van der Waals surface area contributed by atoms with Gasteiger partial charge in [-0.3, -0.25) is 14.9 Å². The van der Waals surface area contributed by atoms with Gasteiger partial charge in [0.15, 0.2) is 9.84 Å². The number of hydrogen-bond donors (Lipinski definition) is 3. The van der Waals surface area contributed by atoms with E-state index in [9.17, 15) is 22.8 Å². The number of rotatable bonds is 10. The van der Waals surface area contributed by atoms with E-state index < -0.39 is 15.8 Å². The van der Waals surface area contributed by atoms with Crippen molar-refractivity contribution in [2.24, 2.45) is 11.8 Å². The monoisotopic (exact) mass is 589 g/mol. The quantitative estimate of drug-likeness (QED) is 0.334. The van der Waals surface area contributed by atoms with Crippen LogP contribution in [0.1, 0.15) is 80.1 Å². The zero-order chi connectivity index (χ0) is 28.7. The number of hydrogen-bond acceptors (Lipinski definition) is 6. The molecule has 0 bridgehead atoms. The third-order valence-corrected chi connectivity index (χ3v) is 11.0. The summed E-state index contributed by atoms with van der Waals surface area (Å²) >= 11 is 1.04. The van der Waals surface area contributed by atoms with Crippen LogP contribution in [0.15, 0.2) is 40.6 Å². The maximum Gasteiger partial charge on any atom is 0.323 e. The molecular formula is C29H39N3O6S2. The van der Waals surface area contributed by atoms with Gasteiger partial charge in [0.25, 0.3) is 5.91 Å². The summed E-state index contributed by atoms with van der Waals surface area (Å²) in [4.78, 5) is 38.4. The standard InChI is InChI=1S/C29H39N3O6S2/c1-40(37,38)27-16-15-25(39-27)31-29(36)32(24-13-11-22(12-14-24)21-5-3-2-4-6-21)19-20-7-9-23(10-8-20)28(35)30-18-17-26(33)34/h7-10,15-16,21-22,24H,2-6,11-14,17-19H2,1H3,(H,30,35)(H,31,36)(H,33,34). The van der Waals surface area contributed by atoms with E-state index in [1.807, 2.05) is 17.0 Å². The fourth-order valence-electron chi connectivity index (χ4n) is 5.96. The van der Waals surface area contributed by atoms with Gasteiger partial charge in [0.1, 0.15) is 4.21 Å². The van der Waals surface area contributed by atoms with Gasteiger partial charge in [-0.1, -0.05) is 44.2 Å². The minimum absolute atomic E-state index is 0.0527. The third-order valence-electron chi connectivity index (χ3n) is 8.13. The number of amides is 3. The molecule has 3 amide bonds. The molecule has 2 fully saturated rings. The summed E-state index contributed by atoms with van der Waals surface area (Å²) in [5.41, 5.74) is 1.29. The topological polar surface area (TPSA) is 133 Å². The van der Waals surface area contributed by atoms with E-state index in [4.69, 9.17) is 5.11 Å². The second kappa shape index (κ2) is 13.6. The average molecular weight is 590 g/mol. The molecular weight excluding hydrogens is 550 g/mol. The highest BCUT2D eigenvalue weighted by molar-refractivity contribution is 7.92. The number of nitrogens with one attached hydrogen (secondary N) is 2. The van der Waals surface area contributed by atoms with Crippen LogP contribution in [0.5, 0.6) is 0 Å². The number of nitrogens with zero attached hydrogens (tertiary/aromatic N) is 1. The average Bonchev–Trinajstić information content (AvgIpc) is 3.41. The molecule has 0 aliphatic heterocycles. The Labute approximate surface area is 240 Å². The summed E-state index contributed by atoms with van der Waals surface area (Å²) < 4.78 is 24.0. The van der Waals surface area contributed by atoms with Gasteiger partial charge >= 0.3 is 12.0 Å². The molecule has 11 heteroatoms. The van der Waals surface area contributed by atoms with Gasteiger partial charge in [0.05, 0.1) is 11.4 Å². The predicted molar refractivity (Wildman–Crippen MR) is 155 cm³/mol. The molecule has 3 N–H and O–H groups in total. The van der Waals surface area contributed by atoms with Gasteiger partial charge in [-0.05, 0) is 67.3 Å². The molecule has 4 rings (SSSR count). The molecule has 2 aromatic rings. The smallest absolute Gasteiger partial charge is 0.323 e. The molecule has 2 aliphatic carbocycles. The Kier molecular flexibility index (Phi) is 10.2. The van der Waals surface area contributed by atoms with Crippen molar-refractivity contribution in [1.29, 1.82) is 0 Å². The van der Waals surface area contributed by atoms with E-state index >= 15 is 0 Å². The molecule has 9 nitrogen and oxygen atoms in total. The second-order valence-electron chi connectivity index (χ2n) is 11.0. The van der Waals surface area contributed by atoms with Gasteiger partial charge in [-0.15, -0.1) is 11.3 Å². The lowest BCUT2D eigenvalue weighted by Gasteiger charge is -2.40. The Balaban J connectivity index is 1.44. The number of carbonyl (C=O) groups excluding carboxylic acids is 2. The molecule has 1 heterocycles. The molecule has 0 radical (unpaired) electrons. The Morgan fingerprint density at radius 2 is 1.57 bits per heavy atom. The number of sulfone groups is 1. The number of anilines is 1. The molecule has 0 saturated heterocycles. The van der Waals surface area contributed by atoms with Crippen molar-refractivity contribution < 1.29 is 27.9 Å². The van der Waals surface area contributed by atoms with Gasteiger partial charge < -0.3 is 15.3 Å². The molecule has 0 unspecified atom stereocenters. The fraction of sp³-hybridized carbons (Fsp3) is 0.552. The SMILES string of the molecule is CS(=O)(=O)c1ccc(NC(=O)N(Cc2ccc(C(=O)NCCC(=O)O)cc2)C2CCC(C3CCCCC3)CC2)s1. The van der Waals surface area contributed by atoms with Crippen LogP contribution in [0.25, 0.3) is 0 Å². The van der Waals surface area contributed by atoms with Gasteiger partial charge in [0, 0.05) is 31.0 Å². The first-order valence-electron chi connectivity index (χ1n) is 14.1.